The molecule has 0 spiro atoms. The number of aromatic amines is 1. The summed E-state index contributed by atoms with van der Waals surface area (Å²) >= 11 is 6.21. The zero-order chi connectivity index (χ0) is 23.9. The molecule has 35 heavy (non-hydrogen) atoms. The molecule has 6 rings (SSSR count). The Morgan fingerprint density at radius 3 is 2.40 bits per heavy atom. The average molecular weight is 479 g/mol. The van der Waals surface area contributed by atoms with Crippen LogP contribution in [0.1, 0.15) is 6.42 Å². The number of hydrogen-bond donors (Lipinski definition) is 2. The fourth-order valence-electron chi connectivity index (χ4n) is 4.88. The number of aromatic nitrogens is 3. The van der Waals surface area contributed by atoms with Crippen LogP contribution in [0, 0.1) is 0 Å². The molecule has 6 heteroatoms. The van der Waals surface area contributed by atoms with Crippen molar-refractivity contribution in [2.45, 2.75) is 13.0 Å². The van der Waals surface area contributed by atoms with Crippen molar-refractivity contribution in [3.63, 3.8) is 0 Å². The van der Waals surface area contributed by atoms with E-state index in [1.54, 1.807) is 0 Å². The minimum absolute atomic E-state index is 0.218. The second-order valence-electron chi connectivity index (χ2n) is 8.67. The fourth-order valence-corrected chi connectivity index (χ4v) is 5.00. The first-order valence-electron chi connectivity index (χ1n) is 11.6. The molecular weight excluding hydrogens is 456 g/mol. The maximum absolute atomic E-state index is 13.5. The van der Waals surface area contributed by atoms with Gasteiger partial charge in [-0.15, -0.1) is 0 Å². The van der Waals surface area contributed by atoms with Crippen molar-refractivity contribution in [2.75, 3.05) is 6.54 Å². The first-order chi connectivity index (χ1) is 17.1. The van der Waals surface area contributed by atoms with Gasteiger partial charge in [-0.1, -0.05) is 66.2 Å². The Morgan fingerprint density at radius 1 is 0.914 bits per heavy atom. The number of hydrogen-bond acceptors (Lipinski definition) is 3. The minimum atomic E-state index is -0.218. The van der Waals surface area contributed by atoms with E-state index < -0.39 is 0 Å². The van der Waals surface area contributed by atoms with E-state index in [9.17, 15) is 4.79 Å². The number of aryl methyl sites for hydroxylation is 1. The molecule has 172 valence electrons. The first-order valence-corrected chi connectivity index (χ1v) is 12.0. The minimum Gasteiger partial charge on any atom is -0.340 e. The van der Waals surface area contributed by atoms with E-state index >= 15 is 0 Å². The Balaban J connectivity index is 1.70. The van der Waals surface area contributed by atoms with Crippen molar-refractivity contribution >= 4 is 44.3 Å². The highest BCUT2D eigenvalue weighted by atomic mass is 35.5. The van der Waals surface area contributed by atoms with Crippen LogP contribution in [0.4, 0.5) is 0 Å². The average Bonchev–Trinajstić information content (AvgIpc) is 3.20. The van der Waals surface area contributed by atoms with Crippen molar-refractivity contribution in [3.05, 3.63) is 100 Å². The second-order valence-corrected chi connectivity index (χ2v) is 9.11. The monoisotopic (exact) mass is 478 g/mol. The van der Waals surface area contributed by atoms with Gasteiger partial charge in [-0.05, 0) is 59.6 Å². The smallest absolute Gasteiger partial charge is 0.275 e. The lowest BCUT2D eigenvalue weighted by Gasteiger charge is -2.13. The van der Waals surface area contributed by atoms with Crippen molar-refractivity contribution in [2.24, 2.45) is 5.73 Å². The van der Waals surface area contributed by atoms with Gasteiger partial charge in [0.25, 0.3) is 5.56 Å². The molecule has 5 nitrogen and oxygen atoms in total. The number of para-hydroxylation sites is 1. The summed E-state index contributed by atoms with van der Waals surface area (Å²) in [7, 11) is 0. The summed E-state index contributed by atoms with van der Waals surface area (Å²) in [6.07, 6.45) is 0.812. The van der Waals surface area contributed by atoms with Gasteiger partial charge in [0.1, 0.15) is 5.69 Å². The summed E-state index contributed by atoms with van der Waals surface area (Å²) in [5.41, 5.74) is 11.3. The largest absolute Gasteiger partial charge is 0.340 e. The topological polar surface area (TPSA) is 76.7 Å². The van der Waals surface area contributed by atoms with Gasteiger partial charge in [0.15, 0.2) is 0 Å². The molecular formula is C29H23ClN4O. The highest BCUT2D eigenvalue weighted by molar-refractivity contribution is 6.30. The summed E-state index contributed by atoms with van der Waals surface area (Å²) in [5, 5.41) is 3.78. The van der Waals surface area contributed by atoms with Gasteiger partial charge in [-0.25, -0.2) is 4.98 Å². The van der Waals surface area contributed by atoms with Crippen LogP contribution in [0.2, 0.25) is 5.02 Å². The molecule has 0 fully saturated rings. The number of benzene rings is 4. The van der Waals surface area contributed by atoms with E-state index in [2.05, 4.69) is 27.8 Å². The van der Waals surface area contributed by atoms with Crippen LogP contribution in [0.5, 0.6) is 0 Å². The summed E-state index contributed by atoms with van der Waals surface area (Å²) in [5.74, 6) is 0. The normalized spacial score (nSPS) is 11.6. The Bertz CT molecular complexity index is 1770. The van der Waals surface area contributed by atoms with Crippen LogP contribution in [-0.2, 0) is 6.54 Å². The molecule has 0 saturated heterocycles. The highest BCUT2D eigenvalue weighted by Crippen LogP contribution is 2.40. The standard InChI is InChI=1S/C29H23ClN4O/c30-21-12-10-18(11-13-21)28-26(22-8-3-4-9-25(22)34(28)15-5-14-31)27-29(35)33-24-17-20-7-2-1-6-19(20)16-23(24)32-27/h1-4,6-13,16-17H,5,14-15,31H2,(H,33,35). The van der Waals surface area contributed by atoms with E-state index in [0.717, 1.165) is 62.5 Å². The van der Waals surface area contributed by atoms with Crippen molar-refractivity contribution < 1.29 is 0 Å². The Morgan fingerprint density at radius 2 is 1.63 bits per heavy atom. The fraction of sp³-hybridized carbons (Fsp3) is 0.103. The Kier molecular flexibility index (Phi) is 5.36. The molecule has 0 radical (unpaired) electrons. The number of nitrogens with zero attached hydrogens (tertiary/aromatic N) is 2. The van der Waals surface area contributed by atoms with Crippen molar-refractivity contribution in [1.82, 2.24) is 14.5 Å². The number of nitrogens with two attached hydrogens (primary N) is 1. The molecule has 0 aliphatic carbocycles. The maximum Gasteiger partial charge on any atom is 0.275 e. The third-order valence-electron chi connectivity index (χ3n) is 6.47. The van der Waals surface area contributed by atoms with Gasteiger partial charge in [0, 0.05) is 28.0 Å². The number of nitrogens with one attached hydrogen (secondary N) is 1. The Hall–Kier alpha value is -3.93. The molecule has 4 aromatic carbocycles. The molecule has 0 amide bonds. The van der Waals surface area contributed by atoms with Gasteiger partial charge in [0.05, 0.1) is 16.7 Å². The van der Waals surface area contributed by atoms with E-state index in [0.29, 0.717) is 17.3 Å². The third-order valence-corrected chi connectivity index (χ3v) is 6.72. The SMILES string of the molecule is NCCCn1c(-c2ccc(Cl)cc2)c(-c2nc3cc4ccccc4cc3[nH]c2=O)c2ccccc21. The Labute approximate surface area is 206 Å². The van der Waals surface area contributed by atoms with E-state index in [4.69, 9.17) is 22.3 Å². The van der Waals surface area contributed by atoms with Crippen molar-refractivity contribution in [1.29, 1.82) is 0 Å². The van der Waals surface area contributed by atoms with Gasteiger partial charge < -0.3 is 15.3 Å². The molecule has 0 aliphatic heterocycles. The number of halogens is 1. The van der Waals surface area contributed by atoms with E-state index in [-0.39, 0.29) is 5.56 Å². The summed E-state index contributed by atoms with van der Waals surface area (Å²) in [4.78, 5) is 21.5. The van der Waals surface area contributed by atoms with Crippen LogP contribution < -0.4 is 11.3 Å². The predicted molar refractivity (Wildman–Crippen MR) is 145 cm³/mol. The van der Waals surface area contributed by atoms with Crippen LogP contribution in [0.25, 0.3) is 55.2 Å². The summed E-state index contributed by atoms with van der Waals surface area (Å²) < 4.78 is 2.24. The molecule has 6 aromatic rings. The predicted octanol–water partition coefficient (Wildman–Crippen LogP) is 6.37. The molecule has 3 N–H and O–H groups in total. The molecule has 2 aromatic heterocycles. The van der Waals surface area contributed by atoms with Crippen LogP contribution in [0.3, 0.4) is 0 Å². The van der Waals surface area contributed by atoms with E-state index in [1.165, 1.54) is 0 Å². The van der Waals surface area contributed by atoms with Crippen LogP contribution >= 0.6 is 11.6 Å². The molecule has 2 heterocycles. The third kappa shape index (κ3) is 3.70. The number of fused-ring (bicyclic) bond motifs is 3. The van der Waals surface area contributed by atoms with E-state index in [1.807, 2.05) is 66.7 Å². The molecule has 0 bridgehead atoms. The molecule has 0 saturated carbocycles. The lowest BCUT2D eigenvalue weighted by Crippen LogP contribution is -2.12. The summed E-state index contributed by atoms with van der Waals surface area (Å²) in [6, 6.07) is 27.9. The molecule has 0 unspecified atom stereocenters. The zero-order valence-electron chi connectivity index (χ0n) is 19.0. The first kappa shape index (κ1) is 21.6. The highest BCUT2D eigenvalue weighted by Gasteiger charge is 2.23. The van der Waals surface area contributed by atoms with Gasteiger partial charge in [0.2, 0.25) is 0 Å². The molecule has 0 aliphatic rings. The van der Waals surface area contributed by atoms with Gasteiger partial charge in [-0.2, -0.15) is 0 Å². The van der Waals surface area contributed by atoms with Crippen molar-refractivity contribution in [3.8, 4) is 22.5 Å². The quantitative estimate of drug-likeness (QED) is 0.283. The van der Waals surface area contributed by atoms with Crippen LogP contribution in [-0.4, -0.2) is 21.1 Å². The molecule has 0 atom stereocenters. The van der Waals surface area contributed by atoms with Crippen LogP contribution in [0.15, 0.2) is 89.7 Å². The zero-order valence-corrected chi connectivity index (χ0v) is 19.7. The second kappa shape index (κ2) is 8.69. The maximum atomic E-state index is 13.5. The number of rotatable bonds is 5. The van der Waals surface area contributed by atoms with Gasteiger partial charge in [-0.3, -0.25) is 4.79 Å². The van der Waals surface area contributed by atoms with Gasteiger partial charge >= 0.3 is 0 Å². The summed E-state index contributed by atoms with van der Waals surface area (Å²) in [6.45, 7) is 1.30. The lowest BCUT2D eigenvalue weighted by molar-refractivity contribution is 0.676. The number of H-pyrrole nitrogens is 1. The lowest BCUT2D eigenvalue weighted by atomic mass is 10.0.